The van der Waals surface area contributed by atoms with Crippen molar-refractivity contribution in [3.63, 3.8) is 0 Å². The van der Waals surface area contributed by atoms with Crippen molar-refractivity contribution in [1.29, 1.82) is 0 Å². The van der Waals surface area contributed by atoms with Gasteiger partial charge in [-0.1, -0.05) is 24.3 Å². The number of carbonyl (C=O) groups is 1. The van der Waals surface area contributed by atoms with Gasteiger partial charge in [-0.05, 0) is 38.1 Å². The van der Waals surface area contributed by atoms with Crippen molar-refractivity contribution >= 4 is 11.8 Å². The number of carboxylic acids is 1. The molecule has 0 unspecified atom stereocenters. The van der Waals surface area contributed by atoms with E-state index >= 15 is 0 Å². The molecule has 23 heavy (non-hydrogen) atoms. The third kappa shape index (κ3) is 3.03. The number of hydrogen-bond donors (Lipinski definition) is 2. The topological polar surface area (TPSA) is 78.4 Å². The number of aromatic carboxylic acids is 1. The Morgan fingerprint density at radius 3 is 2.35 bits per heavy atom. The number of likely N-dealkylation sites (N-methyl/N-ethyl adjacent to an activating group) is 1. The van der Waals surface area contributed by atoms with Crippen molar-refractivity contribution in [3.8, 4) is 0 Å². The molecular formula is C17H20N4O2. The van der Waals surface area contributed by atoms with Gasteiger partial charge >= 0.3 is 5.97 Å². The van der Waals surface area contributed by atoms with Crippen LogP contribution in [0.25, 0.3) is 0 Å². The lowest BCUT2D eigenvalue weighted by molar-refractivity contribution is 0.0690. The molecule has 0 atom stereocenters. The number of benzene rings is 1. The summed E-state index contributed by atoms with van der Waals surface area (Å²) in [4.78, 5) is 21.1. The summed E-state index contributed by atoms with van der Waals surface area (Å²) in [6.07, 6.45) is 4.69. The zero-order chi connectivity index (χ0) is 16.4. The van der Waals surface area contributed by atoms with Crippen LogP contribution in [-0.4, -0.2) is 52.1 Å². The standard InChI is InChI=1S/C17H20N4O2/c1-21(2)17(7-12-5-3-4-6-13(12)8-17)11-20-15-10-18-14(9-19-15)16(22)23/h3-6,9-10H,7-8,11H2,1-2H3,(H,19,20)(H,22,23). The molecule has 6 heteroatoms. The normalized spacial score (nSPS) is 15.4. The van der Waals surface area contributed by atoms with Gasteiger partial charge in [0.15, 0.2) is 5.69 Å². The van der Waals surface area contributed by atoms with Crippen molar-refractivity contribution in [2.75, 3.05) is 26.0 Å². The minimum absolute atomic E-state index is 0.0170. The van der Waals surface area contributed by atoms with Crippen molar-refractivity contribution in [3.05, 3.63) is 53.5 Å². The second kappa shape index (κ2) is 5.96. The summed E-state index contributed by atoms with van der Waals surface area (Å²) in [7, 11) is 4.18. The quantitative estimate of drug-likeness (QED) is 0.875. The van der Waals surface area contributed by atoms with Gasteiger partial charge in [0.05, 0.1) is 12.4 Å². The monoisotopic (exact) mass is 312 g/mol. The fraction of sp³-hybridized carbons (Fsp3) is 0.353. The number of nitrogens with one attached hydrogen (secondary N) is 1. The third-order valence-electron chi connectivity index (χ3n) is 4.58. The van der Waals surface area contributed by atoms with Gasteiger partial charge in [0.1, 0.15) is 5.82 Å². The lowest BCUT2D eigenvalue weighted by Crippen LogP contribution is -2.50. The molecule has 0 aliphatic heterocycles. The van der Waals surface area contributed by atoms with Crippen LogP contribution in [0.4, 0.5) is 5.82 Å². The Bertz CT molecular complexity index is 688. The van der Waals surface area contributed by atoms with Crippen molar-refractivity contribution < 1.29 is 9.90 Å². The summed E-state index contributed by atoms with van der Waals surface area (Å²) in [5.41, 5.74) is 2.70. The number of aromatic nitrogens is 2. The summed E-state index contributed by atoms with van der Waals surface area (Å²) in [5, 5.41) is 12.2. The van der Waals surface area contributed by atoms with Gasteiger partial charge in [0.25, 0.3) is 0 Å². The van der Waals surface area contributed by atoms with Crippen molar-refractivity contribution in [2.45, 2.75) is 18.4 Å². The van der Waals surface area contributed by atoms with E-state index < -0.39 is 5.97 Å². The number of fused-ring (bicyclic) bond motifs is 1. The Morgan fingerprint density at radius 2 is 1.87 bits per heavy atom. The van der Waals surface area contributed by atoms with E-state index in [0.717, 1.165) is 19.4 Å². The predicted octanol–water partition coefficient (Wildman–Crippen LogP) is 1.69. The molecule has 2 aromatic rings. The maximum atomic E-state index is 10.8. The molecular weight excluding hydrogens is 292 g/mol. The molecule has 0 amide bonds. The highest BCUT2D eigenvalue weighted by molar-refractivity contribution is 5.84. The molecule has 0 fully saturated rings. The molecule has 1 aromatic carbocycles. The summed E-state index contributed by atoms with van der Waals surface area (Å²) in [6.45, 7) is 0.718. The fourth-order valence-corrected chi connectivity index (χ4v) is 3.06. The maximum Gasteiger partial charge on any atom is 0.356 e. The van der Waals surface area contributed by atoms with Gasteiger partial charge in [0, 0.05) is 12.1 Å². The second-order valence-corrected chi connectivity index (χ2v) is 6.19. The molecule has 1 heterocycles. The minimum atomic E-state index is -1.07. The number of rotatable bonds is 5. The SMILES string of the molecule is CN(C)C1(CNc2cnc(C(=O)O)cn2)Cc2ccccc2C1. The molecule has 1 aliphatic rings. The van der Waals surface area contributed by atoms with E-state index in [9.17, 15) is 4.79 Å². The molecule has 0 spiro atoms. The molecule has 120 valence electrons. The average molecular weight is 312 g/mol. The van der Waals surface area contributed by atoms with Crippen molar-refractivity contribution in [1.82, 2.24) is 14.9 Å². The van der Waals surface area contributed by atoms with E-state index in [1.165, 1.54) is 23.5 Å². The fourth-order valence-electron chi connectivity index (χ4n) is 3.06. The number of nitrogens with zero attached hydrogens (tertiary/aromatic N) is 3. The molecule has 2 N–H and O–H groups in total. The van der Waals surface area contributed by atoms with Gasteiger partial charge in [-0.15, -0.1) is 0 Å². The second-order valence-electron chi connectivity index (χ2n) is 6.19. The van der Waals surface area contributed by atoms with Crippen LogP contribution < -0.4 is 5.32 Å². The highest BCUT2D eigenvalue weighted by atomic mass is 16.4. The summed E-state index contributed by atoms with van der Waals surface area (Å²) < 4.78 is 0. The van der Waals surface area contributed by atoms with E-state index in [1.54, 1.807) is 0 Å². The van der Waals surface area contributed by atoms with Gasteiger partial charge in [-0.25, -0.2) is 14.8 Å². The minimum Gasteiger partial charge on any atom is -0.476 e. The Balaban J connectivity index is 1.73. The van der Waals surface area contributed by atoms with Crippen LogP contribution in [0.1, 0.15) is 21.6 Å². The molecule has 0 bridgehead atoms. The molecule has 0 saturated heterocycles. The van der Waals surface area contributed by atoms with Crippen LogP contribution in [0, 0.1) is 0 Å². The zero-order valence-corrected chi connectivity index (χ0v) is 13.3. The van der Waals surface area contributed by atoms with Crippen LogP contribution >= 0.6 is 0 Å². The van der Waals surface area contributed by atoms with E-state index in [1.807, 2.05) is 0 Å². The molecule has 0 saturated carbocycles. The van der Waals surface area contributed by atoms with Gasteiger partial charge < -0.3 is 15.3 Å². The average Bonchev–Trinajstić information content (AvgIpc) is 2.93. The van der Waals surface area contributed by atoms with Crippen molar-refractivity contribution in [2.24, 2.45) is 0 Å². The maximum absolute atomic E-state index is 10.8. The van der Waals surface area contributed by atoms with Crippen LogP contribution in [-0.2, 0) is 12.8 Å². The molecule has 1 aliphatic carbocycles. The largest absolute Gasteiger partial charge is 0.476 e. The van der Waals surface area contributed by atoms with Crippen LogP contribution in [0.15, 0.2) is 36.7 Å². The van der Waals surface area contributed by atoms with Crippen LogP contribution in [0.2, 0.25) is 0 Å². The first-order chi connectivity index (χ1) is 11.0. The molecule has 0 radical (unpaired) electrons. The van der Waals surface area contributed by atoms with Crippen LogP contribution in [0.5, 0.6) is 0 Å². The van der Waals surface area contributed by atoms with Gasteiger partial charge in [-0.2, -0.15) is 0 Å². The van der Waals surface area contributed by atoms with E-state index in [2.05, 4.69) is 58.5 Å². The lowest BCUT2D eigenvalue weighted by atomic mass is 9.94. The van der Waals surface area contributed by atoms with E-state index in [-0.39, 0.29) is 11.2 Å². The Hall–Kier alpha value is -2.47. The highest BCUT2D eigenvalue weighted by Crippen LogP contribution is 2.33. The smallest absolute Gasteiger partial charge is 0.356 e. The zero-order valence-electron chi connectivity index (χ0n) is 13.3. The van der Waals surface area contributed by atoms with Gasteiger partial charge in [0.2, 0.25) is 0 Å². The summed E-state index contributed by atoms with van der Waals surface area (Å²) in [6, 6.07) is 8.52. The molecule has 1 aromatic heterocycles. The first-order valence-electron chi connectivity index (χ1n) is 7.54. The Labute approximate surface area is 135 Å². The van der Waals surface area contributed by atoms with Crippen LogP contribution in [0.3, 0.4) is 0 Å². The Kier molecular flexibility index (Phi) is 4.00. The summed E-state index contributed by atoms with van der Waals surface area (Å²) >= 11 is 0. The Morgan fingerprint density at radius 1 is 1.22 bits per heavy atom. The third-order valence-corrected chi connectivity index (χ3v) is 4.58. The predicted molar refractivity (Wildman–Crippen MR) is 87.7 cm³/mol. The summed E-state index contributed by atoms with van der Waals surface area (Å²) in [5.74, 6) is -0.479. The van der Waals surface area contributed by atoms with E-state index in [0.29, 0.717) is 5.82 Å². The lowest BCUT2D eigenvalue weighted by Gasteiger charge is -2.36. The first-order valence-corrected chi connectivity index (χ1v) is 7.54. The van der Waals surface area contributed by atoms with Gasteiger partial charge in [-0.3, -0.25) is 0 Å². The van der Waals surface area contributed by atoms with E-state index in [4.69, 9.17) is 5.11 Å². The number of hydrogen-bond acceptors (Lipinski definition) is 5. The first kappa shape index (κ1) is 15.4. The highest BCUT2D eigenvalue weighted by Gasteiger charge is 2.38. The number of carboxylic acid groups (broad SMARTS) is 1. The molecule has 3 rings (SSSR count). The molecule has 6 nitrogen and oxygen atoms in total. The number of anilines is 1.